The summed E-state index contributed by atoms with van der Waals surface area (Å²) in [5.74, 6) is -0.670. The van der Waals surface area contributed by atoms with Crippen molar-refractivity contribution in [3.63, 3.8) is 0 Å². The van der Waals surface area contributed by atoms with Crippen LogP contribution in [-0.4, -0.2) is 60.4 Å². The van der Waals surface area contributed by atoms with E-state index >= 15 is 0 Å². The van der Waals surface area contributed by atoms with Crippen LogP contribution >= 0.6 is 28.1 Å². The number of ether oxygens (including phenoxy) is 2. The molecular weight excluding hydrogens is 510 g/mol. The summed E-state index contributed by atoms with van der Waals surface area (Å²) in [6, 6.07) is 10.6. The quantitative estimate of drug-likeness (QED) is 0.349. The van der Waals surface area contributed by atoms with E-state index in [2.05, 4.69) is 21.2 Å². The van der Waals surface area contributed by atoms with Crippen LogP contribution in [0, 0.1) is 6.92 Å². The lowest BCUT2D eigenvalue weighted by molar-refractivity contribution is -0.132. The Morgan fingerprint density at radius 1 is 1.09 bits per heavy atom. The fraction of sp³-hybridized carbons (Fsp3) is 0.217. The van der Waals surface area contributed by atoms with Gasteiger partial charge in [0.2, 0.25) is 0 Å². The van der Waals surface area contributed by atoms with Crippen molar-refractivity contribution in [1.82, 2.24) is 9.80 Å². The first-order chi connectivity index (χ1) is 15.6. The van der Waals surface area contributed by atoms with Gasteiger partial charge < -0.3 is 14.8 Å². The monoisotopic (exact) mass is 531 g/mol. The van der Waals surface area contributed by atoms with Crippen molar-refractivity contribution in [1.29, 1.82) is 0 Å². The summed E-state index contributed by atoms with van der Waals surface area (Å²) in [6.45, 7) is 1.73. The number of carbonyl (C=O) groups is 3. The second-order valence-electron chi connectivity index (χ2n) is 7.30. The molecule has 1 heterocycles. The zero-order valence-electron chi connectivity index (χ0n) is 18.5. The molecule has 1 aliphatic rings. The maximum atomic E-state index is 12.6. The third-order valence-corrected chi connectivity index (χ3v) is 6.16. The van der Waals surface area contributed by atoms with Crippen molar-refractivity contribution in [2.75, 3.05) is 33.1 Å². The van der Waals surface area contributed by atoms with Gasteiger partial charge in [0.15, 0.2) is 23.2 Å². The fourth-order valence-electron chi connectivity index (χ4n) is 3.04. The number of anilines is 1. The van der Waals surface area contributed by atoms with Gasteiger partial charge in [0.1, 0.15) is 5.57 Å². The van der Waals surface area contributed by atoms with Gasteiger partial charge in [0, 0.05) is 24.3 Å². The molecule has 33 heavy (non-hydrogen) atoms. The largest absolute Gasteiger partial charge is 0.493 e. The van der Waals surface area contributed by atoms with Gasteiger partial charge in [0.05, 0.1) is 7.11 Å². The van der Waals surface area contributed by atoms with Crippen LogP contribution in [0.3, 0.4) is 0 Å². The van der Waals surface area contributed by atoms with Gasteiger partial charge in [-0.05, 0) is 55.0 Å². The summed E-state index contributed by atoms with van der Waals surface area (Å²) >= 11 is 8.54. The van der Waals surface area contributed by atoms with E-state index in [9.17, 15) is 14.4 Å². The molecule has 0 atom stereocenters. The molecule has 0 aliphatic carbocycles. The second-order valence-corrected chi connectivity index (χ2v) is 8.52. The minimum atomic E-state index is -0.498. The normalized spacial score (nSPS) is 13.8. The van der Waals surface area contributed by atoms with Crippen LogP contribution in [0.2, 0.25) is 0 Å². The molecule has 2 aromatic rings. The molecule has 1 N–H and O–H groups in total. The molecule has 0 spiro atoms. The van der Waals surface area contributed by atoms with Crippen LogP contribution in [-0.2, 0) is 14.4 Å². The smallest absolute Gasteiger partial charge is 0.265 e. The molecule has 0 unspecified atom stereocenters. The summed E-state index contributed by atoms with van der Waals surface area (Å²) < 4.78 is 11.6. The third kappa shape index (κ3) is 5.40. The number of benzene rings is 2. The molecule has 3 amide bonds. The summed E-state index contributed by atoms with van der Waals surface area (Å²) in [5.41, 5.74) is 2.24. The highest BCUT2D eigenvalue weighted by Crippen LogP contribution is 2.35. The van der Waals surface area contributed by atoms with Gasteiger partial charge in [-0.2, -0.15) is 0 Å². The zero-order valence-corrected chi connectivity index (χ0v) is 20.9. The topological polar surface area (TPSA) is 88.2 Å². The van der Waals surface area contributed by atoms with Crippen LogP contribution < -0.4 is 14.8 Å². The number of halogens is 1. The summed E-state index contributed by atoms with van der Waals surface area (Å²) in [5, 5.41) is 2.89. The number of amides is 3. The number of nitrogens with one attached hydrogen (secondary N) is 1. The number of aryl methyl sites for hydroxylation is 1. The van der Waals surface area contributed by atoms with Crippen molar-refractivity contribution in [2.24, 2.45) is 0 Å². The number of nitrogens with zero attached hydrogens (tertiary/aromatic N) is 2. The van der Waals surface area contributed by atoms with Crippen LogP contribution in [0.15, 0.2) is 46.4 Å². The predicted octanol–water partition coefficient (Wildman–Crippen LogP) is 3.38. The Hall–Kier alpha value is -3.24. The Morgan fingerprint density at radius 3 is 2.27 bits per heavy atom. The minimum absolute atomic E-state index is 0.0394. The highest BCUT2D eigenvalue weighted by Gasteiger charge is 2.35. The first-order valence-electron chi connectivity index (χ1n) is 9.81. The van der Waals surface area contributed by atoms with Crippen molar-refractivity contribution in [3.05, 3.63) is 57.6 Å². The Morgan fingerprint density at radius 2 is 1.70 bits per heavy atom. The SMILES string of the molecule is COc1cc(C=C2C(=O)N(C)C(=S)N(C)C2=O)c(Br)cc1OCC(=O)Nc1ccc(C)cc1. The molecule has 3 rings (SSSR count). The number of hydrogen-bond donors (Lipinski definition) is 1. The van der Waals surface area contributed by atoms with Gasteiger partial charge in [-0.1, -0.05) is 33.6 Å². The van der Waals surface area contributed by atoms with Gasteiger partial charge in [-0.3, -0.25) is 24.2 Å². The Bertz CT molecular complexity index is 1140. The average molecular weight is 532 g/mol. The molecule has 0 aromatic heterocycles. The van der Waals surface area contributed by atoms with Crippen molar-refractivity contribution >= 4 is 62.7 Å². The Balaban J connectivity index is 1.79. The van der Waals surface area contributed by atoms with E-state index in [0.717, 1.165) is 5.56 Å². The summed E-state index contributed by atoms with van der Waals surface area (Å²) in [6.07, 6.45) is 1.46. The second kappa shape index (κ2) is 10.1. The number of methoxy groups -OCH3 is 1. The number of carbonyl (C=O) groups excluding carboxylic acids is 3. The Kier molecular flexibility index (Phi) is 7.50. The zero-order chi connectivity index (χ0) is 24.3. The number of thiocarbonyl (C=S) groups is 1. The molecule has 8 nitrogen and oxygen atoms in total. The molecule has 1 saturated heterocycles. The highest BCUT2D eigenvalue weighted by atomic mass is 79.9. The lowest BCUT2D eigenvalue weighted by Gasteiger charge is -2.31. The molecule has 172 valence electrons. The molecule has 10 heteroatoms. The van der Waals surface area contributed by atoms with E-state index in [1.807, 2.05) is 31.2 Å². The van der Waals surface area contributed by atoms with Gasteiger partial charge in [-0.15, -0.1) is 0 Å². The maximum Gasteiger partial charge on any atom is 0.265 e. The van der Waals surface area contributed by atoms with Crippen molar-refractivity contribution < 1.29 is 23.9 Å². The van der Waals surface area contributed by atoms with E-state index in [0.29, 0.717) is 27.2 Å². The van der Waals surface area contributed by atoms with Gasteiger partial charge >= 0.3 is 0 Å². The van der Waals surface area contributed by atoms with Crippen molar-refractivity contribution in [3.8, 4) is 11.5 Å². The molecular formula is C23H22BrN3O5S. The third-order valence-electron chi connectivity index (χ3n) is 4.92. The standard InChI is InChI=1S/C23H22BrN3O5S/c1-13-5-7-15(8-6-13)25-20(28)12-32-19-11-17(24)14(10-18(19)31-4)9-16-21(29)26(2)23(33)27(3)22(16)30/h5-11H,12H2,1-4H3,(H,25,28). The van der Waals surface area contributed by atoms with Gasteiger partial charge in [-0.25, -0.2) is 0 Å². The molecule has 1 fully saturated rings. The van der Waals surface area contributed by atoms with Crippen LogP contribution in [0.4, 0.5) is 5.69 Å². The first kappa shape index (κ1) is 24.4. The van der Waals surface area contributed by atoms with E-state index < -0.39 is 11.8 Å². The van der Waals surface area contributed by atoms with E-state index in [1.165, 1.54) is 37.1 Å². The molecule has 2 aromatic carbocycles. The lowest BCUT2D eigenvalue weighted by Crippen LogP contribution is -2.52. The molecule has 0 radical (unpaired) electrons. The number of rotatable bonds is 6. The predicted molar refractivity (Wildman–Crippen MR) is 132 cm³/mol. The van der Waals surface area contributed by atoms with E-state index in [-0.39, 0.29) is 23.2 Å². The molecule has 0 bridgehead atoms. The number of hydrogen-bond acceptors (Lipinski definition) is 6. The van der Waals surface area contributed by atoms with Crippen LogP contribution in [0.25, 0.3) is 6.08 Å². The summed E-state index contributed by atoms with van der Waals surface area (Å²) in [7, 11) is 4.47. The first-order valence-corrected chi connectivity index (χ1v) is 11.0. The summed E-state index contributed by atoms with van der Waals surface area (Å²) in [4.78, 5) is 39.9. The minimum Gasteiger partial charge on any atom is -0.493 e. The lowest BCUT2D eigenvalue weighted by atomic mass is 10.1. The maximum absolute atomic E-state index is 12.6. The van der Waals surface area contributed by atoms with Gasteiger partial charge in [0.25, 0.3) is 17.7 Å². The molecule has 0 saturated carbocycles. The van der Waals surface area contributed by atoms with E-state index in [4.69, 9.17) is 21.7 Å². The average Bonchev–Trinajstić information content (AvgIpc) is 2.80. The number of likely N-dealkylation sites (N-methyl/N-ethyl adjacent to an activating group) is 2. The van der Waals surface area contributed by atoms with Crippen LogP contribution in [0.5, 0.6) is 11.5 Å². The molecule has 1 aliphatic heterocycles. The van der Waals surface area contributed by atoms with Crippen molar-refractivity contribution in [2.45, 2.75) is 6.92 Å². The fourth-order valence-corrected chi connectivity index (χ4v) is 3.64. The highest BCUT2D eigenvalue weighted by molar-refractivity contribution is 9.10. The van der Waals surface area contributed by atoms with Crippen LogP contribution in [0.1, 0.15) is 11.1 Å². The van der Waals surface area contributed by atoms with E-state index in [1.54, 1.807) is 12.1 Å². The Labute approximate surface area is 205 Å².